The first-order valence-electron chi connectivity index (χ1n) is 3.98. The van der Waals surface area contributed by atoms with Gasteiger partial charge in [-0.1, -0.05) is 43.0 Å². The van der Waals surface area contributed by atoms with Crippen LogP contribution in [0.1, 0.15) is 40.0 Å². The fourth-order valence-electron chi connectivity index (χ4n) is 0.721. The molecule has 0 aliphatic rings. The highest BCUT2D eigenvalue weighted by molar-refractivity contribution is 6.49. The summed E-state index contributed by atoms with van der Waals surface area (Å²) in [7, 11) is 0. The van der Waals surface area contributed by atoms with Gasteiger partial charge in [0.25, 0.3) is 0 Å². The lowest BCUT2D eigenvalue weighted by atomic mass is 9.97. The van der Waals surface area contributed by atoms with E-state index in [0.29, 0.717) is 0 Å². The van der Waals surface area contributed by atoms with E-state index in [1.165, 1.54) is 0 Å². The summed E-state index contributed by atoms with van der Waals surface area (Å²) in [6.07, 6.45) is 2.88. The van der Waals surface area contributed by atoms with E-state index >= 15 is 0 Å². The highest BCUT2D eigenvalue weighted by atomic mass is 35.5. The number of unbranched alkanes of at least 4 members (excludes halogenated alkanes) is 1. The molecule has 0 rings (SSSR count). The number of alkyl halides is 2. The van der Waals surface area contributed by atoms with Gasteiger partial charge in [0.05, 0.1) is 0 Å². The average Bonchev–Trinajstić information content (AvgIpc) is 1.81. The van der Waals surface area contributed by atoms with Gasteiger partial charge in [-0.05, 0) is 20.3 Å². The van der Waals surface area contributed by atoms with Crippen LogP contribution in [0.3, 0.4) is 0 Å². The van der Waals surface area contributed by atoms with Gasteiger partial charge in [-0.2, -0.15) is 0 Å². The molecule has 0 aromatic carbocycles. The normalized spacial score (nSPS) is 13.6. The van der Waals surface area contributed by atoms with Gasteiger partial charge in [-0.25, -0.2) is 0 Å². The van der Waals surface area contributed by atoms with Gasteiger partial charge in [0.15, 0.2) is 0 Å². The van der Waals surface area contributed by atoms with E-state index < -0.39 is 9.87 Å². The van der Waals surface area contributed by atoms with Crippen molar-refractivity contribution >= 4 is 23.2 Å². The molecule has 0 saturated carbocycles. The fourth-order valence-corrected chi connectivity index (χ4v) is 0.988. The van der Waals surface area contributed by atoms with Crippen LogP contribution in [0.15, 0.2) is 0 Å². The summed E-state index contributed by atoms with van der Waals surface area (Å²) in [5, 5.41) is 0. The van der Waals surface area contributed by atoms with Gasteiger partial charge in [0.2, 0.25) is 0 Å². The summed E-state index contributed by atoms with van der Waals surface area (Å²) in [5.41, 5.74) is 5.27. The van der Waals surface area contributed by atoms with Crippen molar-refractivity contribution in [1.29, 1.82) is 0 Å². The maximum absolute atomic E-state index is 6.03. The highest BCUT2D eigenvalue weighted by Crippen LogP contribution is 2.36. The molecule has 0 saturated heterocycles. The van der Waals surface area contributed by atoms with Crippen molar-refractivity contribution in [1.82, 2.24) is 0 Å². The Hall–Kier alpha value is 0.540. The van der Waals surface area contributed by atoms with Crippen LogP contribution >= 0.6 is 23.2 Å². The van der Waals surface area contributed by atoms with E-state index in [0.717, 1.165) is 19.3 Å². The third-order valence-electron chi connectivity index (χ3n) is 1.79. The van der Waals surface area contributed by atoms with Crippen molar-refractivity contribution in [2.75, 3.05) is 0 Å². The van der Waals surface area contributed by atoms with E-state index in [2.05, 4.69) is 6.92 Å². The Bertz CT molecular complexity index is 116. The molecule has 11 heavy (non-hydrogen) atoms. The molecule has 3 heteroatoms. The minimum absolute atomic E-state index is 0.523. The number of hydrogen-bond acceptors (Lipinski definition) is 1. The minimum Gasteiger partial charge on any atom is -0.323 e. The van der Waals surface area contributed by atoms with Crippen LogP contribution in [-0.4, -0.2) is 9.87 Å². The first-order valence-corrected chi connectivity index (χ1v) is 4.73. The smallest absolute Gasteiger partial charge is 0.135 e. The molecular weight excluding hydrogens is 181 g/mol. The second-order valence-corrected chi connectivity index (χ2v) is 5.01. The summed E-state index contributed by atoms with van der Waals surface area (Å²) < 4.78 is -0.789. The van der Waals surface area contributed by atoms with E-state index in [-0.39, 0.29) is 0 Å². The number of nitrogens with two attached hydrogens (primary N) is 1. The maximum atomic E-state index is 6.03. The second-order valence-electron chi connectivity index (χ2n) is 3.53. The predicted octanol–water partition coefficient (Wildman–Crippen LogP) is 3.09. The van der Waals surface area contributed by atoms with Gasteiger partial charge in [-0.15, -0.1) is 0 Å². The fraction of sp³-hybridized carbons (Fsp3) is 1.00. The molecule has 0 aromatic rings. The van der Waals surface area contributed by atoms with E-state index in [9.17, 15) is 0 Å². The molecule has 1 nitrogen and oxygen atoms in total. The van der Waals surface area contributed by atoms with Crippen LogP contribution < -0.4 is 5.73 Å². The van der Waals surface area contributed by atoms with Crippen LogP contribution in [-0.2, 0) is 0 Å². The van der Waals surface area contributed by atoms with Crippen molar-refractivity contribution in [2.24, 2.45) is 5.73 Å². The molecule has 0 fully saturated rings. The largest absolute Gasteiger partial charge is 0.323 e. The quantitative estimate of drug-likeness (QED) is 0.690. The SMILES string of the molecule is CCCCC(Cl)(Cl)C(C)(C)N. The third-order valence-corrected chi connectivity index (χ3v) is 3.14. The first kappa shape index (κ1) is 11.5. The summed E-state index contributed by atoms with van der Waals surface area (Å²) in [5.74, 6) is 0. The zero-order chi connectivity index (χ0) is 9.12. The lowest BCUT2D eigenvalue weighted by Gasteiger charge is -2.33. The van der Waals surface area contributed by atoms with Gasteiger partial charge < -0.3 is 5.73 Å². The molecule has 0 aliphatic heterocycles. The summed E-state index contributed by atoms with van der Waals surface area (Å²) >= 11 is 12.1. The summed E-state index contributed by atoms with van der Waals surface area (Å²) in [4.78, 5) is 0. The van der Waals surface area contributed by atoms with Crippen LogP contribution in [0.5, 0.6) is 0 Å². The van der Waals surface area contributed by atoms with Crippen LogP contribution in [0.25, 0.3) is 0 Å². The highest BCUT2D eigenvalue weighted by Gasteiger charge is 2.37. The van der Waals surface area contributed by atoms with E-state index in [1.807, 2.05) is 13.8 Å². The Labute approximate surface area is 79.2 Å². The van der Waals surface area contributed by atoms with Gasteiger partial charge in [0, 0.05) is 5.54 Å². The molecule has 0 radical (unpaired) electrons. The van der Waals surface area contributed by atoms with Gasteiger partial charge in [-0.3, -0.25) is 0 Å². The zero-order valence-electron chi connectivity index (χ0n) is 7.45. The topological polar surface area (TPSA) is 26.0 Å². The van der Waals surface area contributed by atoms with E-state index in [1.54, 1.807) is 0 Å². The Morgan fingerprint density at radius 1 is 1.27 bits per heavy atom. The molecule has 0 amide bonds. The third kappa shape index (κ3) is 3.64. The average molecular weight is 198 g/mol. The Balaban J connectivity index is 4.00. The number of halogens is 2. The lowest BCUT2D eigenvalue weighted by Crippen LogP contribution is -2.49. The molecule has 0 unspecified atom stereocenters. The monoisotopic (exact) mass is 197 g/mol. The molecule has 0 aromatic heterocycles. The van der Waals surface area contributed by atoms with Gasteiger partial charge in [0.1, 0.15) is 4.33 Å². The van der Waals surface area contributed by atoms with E-state index in [4.69, 9.17) is 28.9 Å². The number of rotatable bonds is 4. The van der Waals surface area contributed by atoms with Crippen molar-refractivity contribution in [2.45, 2.75) is 49.9 Å². The molecule has 68 valence electrons. The van der Waals surface area contributed by atoms with Crippen molar-refractivity contribution < 1.29 is 0 Å². The van der Waals surface area contributed by atoms with Crippen LogP contribution in [0, 0.1) is 0 Å². The minimum atomic E-state index is -0.789. The summed E-state index contributed by atoms with van der Waals surface area (Å²) in [6, 6.07) is 0. The second kappa shape index (κ2) is 3.97. The predicted molar refractivity (Wildman–Crippen MR) is 52.2 cm³/mol. The molecule has 0 atom stereocenters. The van der Waals surface area contributed by atoms with Crippen molar-refractivity contribution in [3.05, 3.63) is 0 Å². The Kier molecular flexibility index (Phi) is 4.17. The maximum Gasteiger partial charge on any atom is 0.135 e. The lowest BCUT2D eigenvalue weighted by molar-refractivity contribution is 0.419. The Morgan fingerprint density at radius 2 is 1.73 bits per heavy atom. The molecular formula is C8H17Cl2N. The van der Waals surface area contributed by atoms with Crippen molar-refractivity contribution in [3.8, 4) is 0 Å². The van der Waals surface area contributed by atoms with Crippen LogP contribution in [0.4, 0.5) is 0 Å². The zero-order valence-corrected chi connectivity index (χ0v) is 8.97. The Morgan fingerprint density at radius 3 is 2.00 bits per heavy atom. The number of hydrogen-bond donors (Lipinski definition) is 1. The molecule has 0 aliphatic carbocycles. The van der Waals surface area contributed by atoms with Crippen molar-refractivity contribution in [3.63, 3.8) is 0 Å². The standard InChI is InChI=1S/C8H17Cl2N/c1-4-5-6-8(9,10)7(2,3)11/h4-6,11H2,1-3H3. The molecule has 2 N–H and O–H groups in total. The van der Waals surface area contributed by atoms with Crippen LogP contribution in [0.2, 0.25) is 0 Å². The summed E-state index contributed by atoms with van der Waals surface area (Å²) in [6.45, 7) is 5.80. The molecule has 0 heterocycles. The van der Waals surface area contributed by atoms with Gasteiger partial charge >= 0.3 is 0 Å². The first-order chi connectivity index (χ1) is 4.81. The molecule has 0 bridgehead atoms. The molecule has 0 spiro atoms.